The molecule has 3 rings (SSSR count). The van der Waals surface area contributed by atoms with Gasteiger partial charge >= 0.3 is 0 Å². The lowest BCUT2D eigenvalue weighted by atomic mass is 9.93. The van der Waals surface area contributed by atoms with E-state index in [2.05, 4.69) is 24.3 Å². The molecule has 0 saturated heterocycles. The van der Waals surface area contributed by atoms with Gasteiger partial charge < -0.3 is 25.1 Å². The van der Waals surface area contributed by atoms with Crippen molar-refractivity contribution in [1.82, 2.24) is 0 Å². The molecule has 0 spiro atoms. The van der Waals surface area contributed by atoms with Crippen molar-refractivity contribution in [2.45, 2.75) is 44.1 Å². The van der Waals surface area contributed by atoms with Crippen LogP contribution in [0, 0.1) is 6.01 Å². The summed E-state index contributed by atoms with van der Waals surface area (Å²) in [6, 6.07) is 18.3. The molecule has 0 radical (unpaired) electrons. The molecule has 0 atom stereocenters. The standard InChI is InChI=1S/C26H32FNO4/c27-25-13-12-24(32-25)22-17-21(14-15-26(28,18-29)19-30)10-11-23(22)31-16-6-2-5-9-20-7-3-1-4-8-20/h1,3-4,7-8,10-13,17,29-30H,2,5-6,9,14-16,18-19,28H2. The molecule has 1 aromatic heterocycles. The van der Waals surface area contributed by atoms with Crippen molar-refractivity contribution in [2.24, 2.45) is 5.73 Å². The highest BCUT2D eigenvalue weighted by Gasteiger charge is 2.23. The maximum absolute atomic E-state index is 13.5. The number of furan rings is 1. The summed E-state index contributed by atoms with van der Waals surface area (Å²) in [5.74, 6) is 1.03. The summed E-state index contributed by atoms with van der Waals surface area (Å²) in [5.41, 5.74) is 7.89. The molecule has 2 aromatic carbocycles. The topological polar surface area (TPSA) is 88.9 Å². The fourth-order valence-corrected chi connectivity index (χ4v) is 3.55. The fourth-order valence-electron chi connectivity index (χ4n) is 3.55. The van der Waals surface area contributed by atoms with Gasteiger partial charge in [0.2, 0.25) is 0 Å². The average Bonchev–Trinajstić information content (AvgIpc) is 3.27. The Bertz CT molecular complexity index is 953. The Kier molecular flexibility index (Phi) is 8.85. The number of halogens is 1. The Hall–Kier alpha value is -2.67. The Morgan fingerprint density at radius 2 is 1.66 bits per heavy atom. The van der Waals surface area contributed by atoms with Gasteiger partial charge in [-0.25, -0.2) is 0 Å². The van der Waals surface area contributed by atoms with Crippen LogP contribution in [0.2, 0.25) is 0 Å². The second kappa shape index (κ2) is 11.8. The van der Waals surface area contributed by atoms with Gasteiger partial charge in [0.1, 0.15) is 11.5 Å². The van der Waals surface area contributed by atoms with Gasteiger partial charge in [0.25, 0.3) is 6.01 Å². The molecule has 172 valence electrons. The van der Waals surface area contributed by atoms with Crippen molar-refractivity contribution in [3.63, 3.8) is 0 Å². The molecule has 0 aliphatic carbocycles. The van der Waals surface area contributed by atoms with Crippen molar-refractivity contribution in [3.8, 4) is 17.1 Å². The van der Waals surface area contributed by atoms with Crippen LogP contribution in [0.15, 0.2) is 65.1 Å². The van der Waals surface area contributed by atoms with E-state index in [4.69, 9.17) is 14.9 Å². The van der Waals surface area contributed by atoms with Crippen LogP contribution in [-0.4, -0.2) is 35.6 Å². The molecule has 0 aliphatic rings. The zero-order chi connectivity index (χ0) is 22.8. The van der Waals surface area contributed by atoms with Crippen molar-refractivity contribution in [1.29, 1.82) is 0 Å². The van der Waals surface area contributed by atoms with Crippen LogP contribution >= 0.6 is 0 Å². The van der Waals surface area contributed by atoms with Gasteiger partial charge in [0.15, 0.2) is 0 Å². The summed E-state index contributed by atoms with van der Waals surface area (Å²) in [5, 5.41) is 18.8. The van der Waals surface area contributed by atoms with E-state index in [9.17, 15) is 14.6 Å². The van der Waals surface area contributed by atoms with E-state index in [0.717, 1.165) is 31.2 Å². The molecule has 0 unspecified atom stereocenters. The number of aryl methyl sites for hydroxylation is 2. The SMILES string of the molecule is NC(CO)(CO)CCc1ccc(OCCCCCc2ccccc2)c(-c2ccc(F)o2)c1. The number of ether oxygens (including phenoxy) is 1. The Balaban J connectivity index is 1.59. The summed E-state index contributed by atoms with van der Waals surface area (Å²) in [6.07, 6.45) is 5.08. The normalized spacial score (nSPS) is 11.6. The summed E-state index contributed by atoms with van der Waals surface area (Å²) in [7, 11) is 0. The average molecular weight is 442 g/mol. The van der Waals surface area contributed by atoms with Crippen LogP contribution in [0.3, 0.4) is 0 Å². The molecule has 6 heteroatoms. The lowest BCUT2D eigenvalue weighted by molar-refractivity contribution is 0.115. The third kappa shape index (κ3) is 6.92. The van der Waals surface area contributed by atoms with Gasteiger partial charge in [-0.15, -0.1) is 0 Å². The number of aliphatic hydroxyl groups excluding tert-OH is 2. The molecule has 32 heavy (non-hydrogen) atoms. The predicted octanol–water partition coefficient (Wildman–Crippen LogP) is 4.49. The molecule has 3 aromatic rings. The van der Waals surface area contributed by atoms with Gasteiger partial charge in [-0.3, -0.25) is 0 Å². The van der Waals surface area contributed by atoms with Crippen LogP contribution in [-0.2, 0) is 12.8 Å². The lowest BCUT2D eigenvalue weighted by Gasteiger charge is -2.24. The number of benzene rings is 2. The predicted molar refractivity (Wildman–Crippen MR) is 123 cm³/mol. The highest BCUT2D eigenvalue weighted by atomic mass is 19.1. The monoisotopic (exact) mass is 441 g/mol. The van der Waals surface area contributed by atoms with Crippen LogP contribution in [0.1, 0.15) is 36.8 Å². The van der Waals surface area contributed by atoms with Gasteiger partial charge in [0.05, 0.1) is 30.9 Å². The van der Waals surface area contributed by atoms with E-state index >= 15 is 0 Å². The zero-order valence-electron chi connectivity index (χ0n) is 18.3. The number of rotatable bonds is 13. The van der Waals surface area contributed by atoms with Gasteiger partial charge in [0, 0.05) is 6.07 Å². The van der Waals surface area contributed by atoms with Crippen LogP contribution in [0.5, 0.6) is 5.75 Å². The highest BCUT2D eigenvalue weighted by Crippen LogP contribution is 2.33. The summed E-state index contributed by atoms with van der Waals surface area (Å²) < 4.78 is 24.7. The number of unbranched alkanes of at least 4 members (excludes halogenated alkanes) is 2. The smallest absolute Gasteiger partial charge is 0.278 e. The molecular formula is C26H32FNO4. The Labute approximate surface area is 188 Å². The van der Waals surface area contributed by atoms with E-state index in [1.807, 2.05) is 24.3 Å². The first-order valence-electron chi connectivity index (χ1n) is 11.1. The maximum atomic E-state index is 13.5. The minimum Gasteiger partial charge on any atom is -0.493 e. The van der Waals surface area contributed by atoms with Crippen LogP contribution in [0.4, 0.5) is 4.39 Å². The third-order valence-corrected chi connectivity index (χ3v) is 5.63. The highest BCUT2D eigenvalue weighted by molar-refractivity contribution is 5.66. The van der Waals surface area contributed by atoms with Gasteiger partial charge in [-0.1, -0.05) is 36.4 Å². The minimum absolute atomic E-state index is 0.300. The summed E-state index contributed by atoms with van der Waals surface area (Å²) in [6.45, 7) is -0.0400. The zero-order valence-corrected chi connectivity index (χ0v) is 18.3. The summed E-state index contributed by atoms with van der Waals surface area (Å²) in [4.78, 5) is 0. The second-order valence-electron chi connectivity index (χ2n) is 8.26. The minimum atomic E-state index is -1.04. The Morgan fingerprint density at radius 1 is 0.875 bits per heavy atom. The number of hydrogen-bond donors (Lipinski definition) is 3. The second-order valence-corrected chi connectivity index (χ2v) is 8.26. The van der Waals surface area contributed by atoms with Crippen molar-refractivity contribution >= 4 is 0 Å². The maximum Gasteiger partial charge on any atom is 0.278 e. The summed E-state index contributed by atoms with van der Waals surface area (Å²) >= 11 is 0. The molecule has 1 heterocycles. The van der Waals surface area contributed by atoms with Crippen LogP contribution < -0.4 is 10.5 Å². The van der Waals surface area contributed by atoms with E-state index in [1.54, 1.807) is 6.07 Å². The first-order valence-corrected chi connectivity index (χ1v) is 11.1. The fraction of sp³-hybridized carbons (Fsp3) is 0.385. The van der Waals surface area contributed by atoms with E-state index in [1.165, 1.54) is 11.6 Å². The molecule has 0 amide bonds. The molecular weight excluding hydrogens is 409 g/mol. The number of hydrogen-bond acceptors (Lipinski definition) is 5. The first-order chi connectivity index (χ1) is 15.5. The van der Waals surface area contributed by atoms with Gasteiger partial charge in [-0.05, 0) is 67.9 Å². The number of aliphatic hydroxyl groups is 2. The van der Waals surface area contributed by atoms with E-state index in [0.29, 0.717) is 36.5 Å². The molecule has 5 nitrogen and oxygen atoms in total. The van der Waals surface area contributed by atoms with Gasteiger partial charge in [-0.2, -0.15) is 4.39 Å². The first kappa shape index (κ1) is 24.0. The molecule has 0 bridgehead atoms. The lowest BCUT2D eigenvalue weighted by Crippen LogP contribution is -2.47. The Morgan fingerprint density at radius 3 is 2.34 bits per heavy atom. The van der Waals surface area contributed by atoms with Crippen LogP contribution in [0.25, 0.3) is 11.3 Å². The molecule has 0 fully saturated rings. The molecule has 4 N–H and O–H groups in total. The molecule has 0 saturated carbocycles. The van der Waals surface area contributed by atoms with Crippen molar-refractivity contribution < 1.29 is 23.8 Å². The van der Waals surface area contributed by atoms with E-state index in [-0.39, 0.29) is 13.2 Å². The van der Waals surface area contributed by atoms with Crippen molar-refractivity contribution in [3.05, 3.63) is 77.8 Å². The molecule has 0 aliphatic heterocycles. The third-order valence-electron chi connectivity index (χ3n) is 5.63. The van der Waals surface area contributed by atoms with E-state index < -0.39 is 11.6 Å². The largest absolute Gasteiger partial charge is 0.493 e. The van der Waals surface area contributed by atoms with Crippen molar-refractivity contribution in [2.75, 3.05) is 19.8 Å². The quantitative estimate of drug-likeness (QED) is 0.340. The number of nitrogens with two attached hydrogens (primary N) is 1.